The van der Waals surface area contributed by atoms with Gasteiger partial charge >= 0.3 is 0 Å². The standard InChI is InChI=1S/C19H15ClN4O4S/c20-12-6-8-14(9-7-12)28-11-16(25)23-21-10-15-17(26)22-19(29)24(18(15)27)13-4-2-1-3-5-13/h1-10,15H,11H2,(H,23,25)(H,22,26,29)/b21-10-/t15-/m0/s1. The molecule has 1 atom stereocenters. The third-order valence-corrected chi connectivity index (χ3v) is 4.35. The van der Waals surface area contributed by atoms with Crippen LogP contribution in [0.2, 0.25) is 5.02 Å². The van der Waals surface area contributed by atoms with Crippen molar-refractivity contribution >= 4 is 58.6 Å². The van der Waals surface area contributed by atoms with Gasteiger partial charge in [-0.1, -0.05) is 29.8 Å². The molecule has 0 bridgehead atoms. The highest BCUT2D eigenvalue weighted by molar-refractivity contribution is 7.80. The Labute approximate surface area is 176 Å². The number of hydrazone groups is 1. The number of nitrogens with one attached hydrogen (secondary N) is 2. The lowest BCUT2D eigenvalue weighted by molar-refractivity contribution is -0.130. The molecule has 2 aromatic carbocycles. The van der Waals surface area contributed by atoms with Crippen LogP contribution in [0.3, 0.4) is 0 Å². The monoisotopic (exact) mass is 430 g/mol. The summed E-state index contributed by atoms with van der Waals surface area (Å²) in [6.45, 7) is -0.302. The van der Waals surface area contributed by atoms with Crippen molar-refractivity contribution in [3.8, 4) is 5.75 Å². The molecule has 1 heterocycles. The van der Waals surface area contributed by atoms with Crippen molar-refractivity contribution in [2.75, 3.05) is 11.5 Å². The van der Waals surface area contributed by atoms with E-state index in [0.29, 0.717) is 16.5 Å². The number of rotatable bonds is 6. The Hall–Kier alpha value is -3.30. The zero-order valence-electron chi connectivity index (χ0n) is 14.9. The summed E-state index contributed by atoms with van der Waals surface area (Å²) in [7, 11) is 0. The lowest BCUT2D eigenvalue weighted by Gasteiger charge is -2.30. The molecule has 0 radical (unpaired) electrons. The minimum Gasteiger partial charge on any atom is -0.484 e. The molecule has 2 N–H and O–H groups in total. The van der Waals surface area contributed by atoms with Gasteiger partial charge in [0.1, 0.15) is 5.75 Å². The number of hydrogen-bond donors (Lipinski definition) is 2. The lowest BCUT2D eigenvalue weighted by atomic mass is 10.1. The number of amides is 3. The predicted molar refractivity (Wildman–Crippen MR) is 112 cm³/mol. The Morgan fingerprint density at radius 1 is 1.21 bits per heavy atom. The highest BCUT2D eigenvalue weighted by atomic mass is 35.5. The van der Waals surface area contributed by atoms with Crippen LogP contribution in [0.25, 0.3) is 0 Å². The van der Waals surface area contributed by atoms with Crippen LogP contribution in [0, 0.1) is 5.92 Å². The van der Waals surface area contributed by atoms with Gasteiger partial charge in [-0.15, -0.1) is 0 Å². The van der Waals surface area contributed by atoms with E-state index < -0.39 is 23.6 Å². The number of carbonyl (C=O) groups is 3. The Balaban J connectivity index is 1.59. The maximum Gasteiger partial charge on any atom is 0.277 e. The maximum atomic E-state index is 12.7. The third-order valence-electron chi connectivity index (χ3n) is 3.81. The summed E-state index contributed by atoms with van der Waals surface area (Å²) in [4.78, 5) is 37.9. The Kier molecular flexibility index (Phi) is 6.53. The quantitative estimate of drug-likeness (QED) is 0.315. The summed E-state index contributed by atoms with van der Waals surface area (Å²) in [5.41, 5.74) is 2.73. The number of ether oxygens (including phenoxy) is 1. The van der Waals surface area contributed by atoms with Gasteiger partial charge < -0.3 is 10.1 Å². The minimum atomic E-state index is -1.24. The van der Waals surface area contributed by atoms with Gasteiger partial charge in [0.2, 0.25) is 5.91 Å². The molecule has 1 saturated heterocycles. The van der Waals surface area contributed by atoms with Gasteiger partial charge in [-0.2, -0.15) is 5.10 Å². The van der Waals surface area contributed by atoms with Gasteiger partial charge in [0.25, 0.3) is 11.8 Å². The van der Waals surface area contributed by atoms with Crippen molar-refractivity contribution in [1.82, 2.24) is 10.7 Å². The number of halogens is 1. The molecule has 29 heavy (non-hydrogen) atoms. The number of anilines is 1. The van der Waals surface area contributed by atoms with Crippen molar-refractivity contribution in [1.29, 1.82) is 0 Å². The second kappa shape index (κ2) is 9.26. The molecule has 2 aromatic rings. The van der Waals surface area contributed by atoms with E-state index in [1.54, 1.807) is 54.6 Å². The highest BCUT2D eigenvalue weighted by Crippen LogP contribution is 2.19. The molecule has 148 valence electrons. The maximum absolute atomic E-state index is 12.7. The molecule has 1 aliphatic rings. The van der Waals surface area contributed by atoms with E-state index in [1.807, 2.05) is 0 Å². The minimum absolute atomic E-state index is 0.0174. The van der Waals surface area contributed by atoms with E-state index in [9.17, 15) is 14.4 Å². The third kappa shape index (κ3) is 5.15. The first kappa shape index (κ1) is 20.4. The number of para-hydroxylation sites is 1. The van der Waals surface area contributed by atoms with Crippen molar-refractivity contribution in [2.24, 2.45) is 11.0 Å². The van der Waals surface area contributed by atoms with E-state index in [-0.39, 0.29) is 11.7 Å². The van der Waals surface area contributed by atoms with E-state index in [4.69, 9.17) is 28.6 Å². The fraction of sp³-hybridized carbons (Fsp3) is 0.105. The lowest BCUT2D eigenvalue weighted by Crippen LogP contribution is -2.58. The predicted octanol–water partition coefficient (Wildman–Crippen LogP) is 1.88. The molecule has 0 aliphatic carbocycles. The summed E-state index contributed by atoms with van der Waals surface area (Å²) in [5, 5.41) is 6.68. The first-order valence-electron chi connectivity index (χ1n) is 8.40. The molecule has 0 spiro atoms. The van der Waals surface area contributed by atoms with Crippen molar-refractivity contribution in [3.05, 3.63) is 59.6 Å². The Bertz CT molecular complexity index is 966. The van der Waals surface area contributed by atoms with Crippen LogP contribution in [0.4, 0.5) is 5.69 Å². The van der Waals surface area contributed by atoms with Gasteiger partial charge in [-0.3, -0.25) is 19.3 Å². The summed E-state index contributed by atoms with van der Waals surface area (Å²) in [6, 6.07) is 15.1. The van der Waals surface area contributed by atoms with Crippen LogP contribution in [0.1, 0.15) is 0 Å². The van der Waals surface area contributed by atoms with Crippen LogP contribution >= 0.6 is 23.8 Å². The summed E-state index contributed by atoms with van der Waals surface area (Å²) >= 11 is 10.9. The zero-order chi connectivity index (χ0) is 20.8. The topological polar surface area (TPSA) is 100 Å². The molecular formula is C19H15ClN4O4S. The average Bonchev–Trinajstić information content (AvgIpc) is 2.70. The van der Waals surface area contributed by atoms with Crippen molar-refractivity contribution in [2.45, 2.75) is 0 Å². The summed E-state index contributed by atoms with van der Waals surface area (Å²) in [6.07, 6.45) is 1.05. The largest absolute Gasteiger partial charge is 0.484 e. The van der Waals surface area contributed by atoms with Crippen LogP contribution in [0.5, 0.6) is 5.75 Å². The van der Waals surface area contributed by atoms with E-state index in [0.717, 1.165) is 6.21 Å². The molecular weight excluding hydrogens is 416 g/mol. The number of thiocarbonyl (C=S) groups is 1. The van der Waals surface area contributed by atoms with Gasteiger partial charge in [0.15, 0.2) is 17.6 Å². The van der Waals surface area contributed by atoms with Crippen LogP contribution < -0.4 is 20.4 Å². The highest BCUT2D eigenvalue weighted by Gasteiger charge is 2.38. The molecule has 1 fully saturated rings. The normalized spacial score (nSPS) is 16.7. The Morgan fingerprint density at radius 3 is 2.59 bits per heavy atom. The number of benzene rings is 2. The fourth-order valence-electron chi connectivity index (χ4n) is 2.44. The van der Waals surface area contributed by atoms with Gasteiger partial charge in [-0.05, 0) is 48.6 Å². The van der Waals surface area contributed by atoms with Crippen LogP contribution in [-0.2, 0) is 14.4 Å². The van der Waals surface area contributed by atoms with E-state index in [1.165, 1.54) is 4.90 Å². The fourth-order valence-corrected chi connectivity index (χ4v) is 2.86. The molecule has 0 saturated carbocycles. The first-order valence-corrected chi connectivity index (χ1v) is 9.18. The molecule has 8 nitrogen and oxygen atoms in total. The molecule has 3 amide bonds. The second-order valence-corrected chi connectivity index (χ2v) is 6.66. The van der Waals surface area contributed by atoms with E-state index in [2.05, 4.69) is 15.8 Å². The molecule has 10 heteroatoms. The smallest absolute Gasteiger partial charge is 0.277 e. The van der Waals surface area contributed by atoms with Crippen LogP contribution in [-0.4, -0.2) is 35.7 Å². The Morgan fingerprint density at radius 2 is 1.90 bits per heavy atom. The second-order valence-electron chi connectivity index (χ2n) is 5.84. The zero-order valence-corrected chi connectivity index (χ0v) is 16.4. The molecule has 1 aliphatic heterocycles. The number of nitrogens with zero attached hydrogens (tertiary/aromatic N) is 2. The molecule has 3 rings (SSSR count). The molecule has 0 aromatic heterocycles. The summed E-state index contributed by atoms with van der Waals surface area (Å²) in [5.74, 6) is -2.53. The van der Waals surface area contributed by atoms with E-state index >= 15 is 0 Å². The number of carbonyl (C=O) groups excluding carboxylic acids is 3. The first-order chi connectivity index (χ1) is 14.0. The van der Waals surface area contributed by atoms with Gasteiger partial charge in [0, 0.05) is 11.2 Å². The SMILES string of the molecule is O=C(COc1ccc(Cl)cc1)N/N=C\[C@H]1C(=O)NC(=S)N(c2ccccc2)C1=O. The summed E-state index contributed by atoms with van der Waals surface area (Å²) < 4.78 is 5.28. The van der Waals surface area contributed by atoms with Crippen molar-refractivity contribution < 1.29 is 19.1 Å². The van der Waals surface area contributed by atoms with Gasteiger partial charge in [0.05, 0.1) is 5.69 Å². The van der Waals surface area contributed by atoms with Crippen molar-refractivity contribution in [3.63, 3.8) is 0 Å². The molecule has 0 unspecified atom stereocenters. The number of hydrogen-bond acceptors (Lipinski definition) is 6. The average molecular weight is 431 g/mol. The van der Waals surface area contributed by atoms with Crippen LogP contribution in [0.15, 0.2) is 59.7 Å². The van der Waals surface area contributed by atoms with Gasteiger partial charge in [-0.25, -0.2) is 5.43 Å².